The molecule has 2 fully saturated rings. The molecule has 1 unspecified atom stereocenters. The van der Waals surface area contributed by atoms with Gasteiger partial charge in [0.2, 0.25) is 0 Å². The smallest absolute Gasteiger partial charge is 0.165 e. The Morgan fingerprint density at radius 1 is 0.975 bits per heavy atom. The van der Waals surface area contributed by atoms with E-state index in [1.807, 2.05) is 26.0 Å². The van der Waals surface area contributed by atoms with Crippen molar-refractivity contribution >= 4 is 5.69 Å². The molecule has 2 aromatic rings. The van der Waals surface area contributed by atoms with E-state index in [1.165, 1.54) is 36.0 Å². The van der Waals surface area contributed by atoms with Crippen molar-refractivity contribution in [1.29, 1.82) is 0 Å². The standard InChI is InChI=1S/C32H43N3O3.C2H6/c1-22(2)38-32-29(24-6-5-7-24)19-25(20-31(32)37-4)30-18-23(12-15-33-30)21-35-16-13-27(14-17-35)34-26-8-10-28(36-3)11-9-26;1-2/h8-12,15,18-20,22,24,27,30,33-34H,5-7,13-14,16-17,21H2,1-4H3;1-2H3. The first-order valence-corrected chi connectivity index (χ1v) is 15.2. The number of hydrogen-bond acceptors (Lipinski definition) is 6. The summed E-state index contributed by atoms with van der Waals surface area (Å²) in [5.41, 5.74) is 5.07. The van der Waals surface area contributed by atoms with E-state index in [9.17, 15) is 0 Å². The Balaban J connectivity index is 0.00000181. The lowest BCUT2D eigenvalue weighted by Gasteiger charge is -2.34. The first-order valence-electron chi connectivity index (χ1n) is 15.2. The van der Waals surface area contributed by atoms with Crippen LogP contribution < -0.4 is 24.8 Å². The van der Waals surface area contributed by atoms with Gasteiger partial charge in [0.1, 0.15) is 5.75 Å². The molecule has 2 N–H and O–H groups in total. The highest BCUT2D eigenvalue weighted by Gasteiger charge is 2.28. The molecule has 0 aromatic heterocycles. The molecule has 5 rings (SSSR count). The van der Waals surface area contributed by atoms with E-state index in [0.717, 1.165) is 55.4 Å². The third kappa shape index (κ3) is 7.54. The Morgan fingerprint density at radius 3 is 2.30 bits per heavy atom. The van der Waals surface area contributed by atoms with E-state index in [-0.39, 0.29) is 12.1 Å². The zero-order valence-electron chi connectivity index (χ0n) is 25.3. The summed E-state index contributed by atoms with van der Waals surface area (Å²) in [4.78, 5) is 2.57. The fourth-order valence-electron chi connectivity index (χ4n) is 5.65. The number of ether oxygens (including phenoxy) is 3. The van der Waals surface area contributed by atoms with Crippen LogP contribution in [0.1, 0.15) is 82.9 Å². The molecule has 6 nitrogen and oxygen atoms in total. The van der Waals surface area contributed by atoms with Gasteiger partial charge in [-0.25, -0.2) is 0 Å². The molecule has 2 aromatic carbocycles. The van der Waals surface area contributed by atoms with Gasteiger partial charge < -0.3 is 24.8 Å². The second kappa shape index (κ2) is 14.5. The van der Waals surface area contributed by atoms with Crippen LogP contribution in [-0.2, 0) is 0 Å². The summed E-state index contributed by atoms with van der Waals surface area (Å²) in [6, 6.07) is 13.4. The molecule has 1 saturated heterocycles. The number of benzene rings is 2. The predicted octanol–water partition coefficient (Wildman–Crippen LogP) is 7.45. The number of piperidine rings is 1. The maximum absolute atomic E-state index is 6.25. The molecule has 2 aliphatic heterocycles. The maximum Gasteiger partial charge on any atom is 0.165 e. The van der Waals surface area contributed by atoms with Crippen molar-refractivity contribution in [1.82, 2.24) is 10.2 Å². The number of likely N-dealkylation sites (tertiary alicyclic amines) is 1. The zero-order valence-corrected chi connectivity index (χ0v) is 25.3. The van der Waals surface area contributed by atoms with E-state index < -0.39 is 0 Å². The van der Waals surface area contributed by atoms with E-state index in [2.05, 4.69) is 72.0 Å². The Hall–Kier alpha value is -3.12. The quantitative estimate of drug-likeness (QED) is 0.322. The summed E-state index contributed by atoms with van der Waals surface area (Å²) in [6.07, 6.45) is 12.8. The average molecular weight is 548 g/mol. The van der Waals surface area contributed by atoms with Gasteiger partial charge in [-0.05, 0) is 105 Å². The predicted molar refractivity (Wildman–Crippen MR) is 166 cm³/mol. The van der Waals surface area contributed by atoms with Crippen molar-refractivity contribution < 1.29 is 14.2 Å². The van der Waals surface area contributed by atoms with Crippen LogP contribution in [0.15, 0.2) is 60.3 Å². The first-order chi connectivity index (χ1) is 19.5. The third-order valence-electron chi connectivity index (χ3n) is 7.99. The monoisotopic (exact) mass is 547 g/mol. The summed E-state index contributed by atoms with van der Waals surface area (Å²) >= 11 is 0. The Morgan fingerprint density at radius 2 is 1.70 bits per heavy atom. The van der Waals surface area contributed by atoms with E-state index in [4.69, 9.17) is 14.2 Å². The van der Waals surface area contributed by atoms with Gasteiger partial charge in [0, 0.05) is 36.9 Å². The van der Waals surface area contributed by atoms with Gasteiger partial charge in [-0.15, -0.1) is 0 Å². The molecule has 1 aliphatic carbocycles. The number of hydrogen-bond donors (Lipinski definition) is 2. The molecule has 0 radical (unpaired) electrons. The molecule has 0 amide bonds. The normalized spacial score (nSPS) is 19.6. The van der Waals surface area contributed by atoms with E-state index in [0.29, 0.717) is 12.0 Å². The lowest BCUT2D eigenvalue weighted by atomic mass is 9.78. The second-order valence-corrected chi connectivity index (χ2v) is 11.1. The van der Waals surface area contributed by atoms with Crippen molar-refractivity contribution in [3.8, 4) is 17.2 Å². The number of dihydropyridines is 1. The number of anilines is 1. The summed E-state index contributed by atoms with van der Waals surface area (Å²) in [6.45, 7) is 11.3. The molecule has 3 aliphatic rings. The highest BCUT2D eigenvalue weighted by Crippen LogP contribution is 2.46. The SMILES string of the molecule is CC.COc1ccc(NC2CCN(CC3=CC(c4cc(OC)c(OC(C)C)c(C5CCC5)c4)NC=C3)CC2)cc1. The van der Waals surface area contributed by atoms with Gasteiger partial charge in [0.15, 0.2) is 11.5 Å². The number of rotatable bonds is 10. The molecule has 40 heavy (non-hydrogen) atoms. The van der Waals surface area contributed by atoms with Crippen molar-refractivity contribution in [2.75, 3.05) is 39.2 Å². The van der Waals surface area contributed by atoms with E-state index >= 15 is 0 Å². The van der Waals surface area contributed by atoms with E-state index in [1.54, 1.807) is 14.2 Å². The van der Waals surface area contributed by atoms with Gasteiger partial charge in [0.25, 0.3) is 0 Å². The molecule has 0 spiro atoms. The first kappa shape index (κ1) is 29.9. The van der Waals surface area contributed by atoms with Gasteiger partial charge in [0.05, 0.1) is 26.4 Å². The molecule has 2 heterocycles. The second-order valence-electron chi connectivity index (χ2n) is 11.1. The minimum atomic E-state index is 0.117. The fourth-order valence-corrected chi connectivity index (χ4v) is 5.65. The van der Waals surface area contributed by atoms with Gasteiger partial charge in [-0.1, -0.05) is 26.3 Å². The average Bonchev–Trinajstić information content (AvgIpc) is 2.95. The highest BCUT2D eigenvalue weighted by molar-refractivity contribution is 5.53. The van der Waals surface area contributed by atoms with Gasteiger partial charge in [-0.2, -0.15) is 0 Å². The Bertz CT molecular complexity index is 1130. The van der Waals surface area contributed by atoms with Crippen molar-refractivity contribution in [2.45, 2.75) is 83.9 Å². The Kier molecular flexibility index (Phi) is 10.8. The summed E-state index contributed by atoms with van der Waals surface area (Å²) in [5, 5.41) is 7.26. The van der Waals surface area contributed by atoms with Crippen LogP contribution in [0.2, 0.25) is 0 Å². The molecule has 1 saturated carbocycles. The van der Waals surface area contributed by atoms with Crippen molar-refractivity contribution in [2.24, 2.45) is 0 Å². The van der Waals surface area contributed by atoms with Crippen LogP contribution in [0, 0.1) is 0 Å². The van der Waals surface area contributed by atoms with Crippen LogP contribution in [0.5, 0.6) is 17.2 Å². The number of nitrogens with zero attached hydrogens (tertiary/aromatic N) is 1. The van der Waals surface area contributed by atoms with Crippen LogP contribution in [0.25, 0.3) is 0 Å². The summed E-state index contributed by atoms with van der Waals surface area (Å²) in [5.74, 6) is 3.23. The largest absolute Gasteiger partial charge is 0.497 e. The topological polar surface area (TPSA) is 55.0 Å². The molecular weight excluding hydrogens is 498 g/mol. The Labute approximate surface area is 241 Å². The molecule has 1 atom stereocenters. The maximum atomic E-state index is 6.25. The molecule has 6 heteroatoms. The molecule has 0 bridgehead atoms. The minimum absolute atomic E-state index is 0.117. The molecule has 218 valence electrons. The third-order valence-corrected chi connectivity index (χ3v) is 7.99. The number of methoxy groups -OCH3 is 2. The summed E-state index contributed by atoms with van der Waals surface area (Å²) in [7, 11) is 3.45. The van der Waals surface area contributed by atoms with Crippen molar-refractivity contribution in [3.63, 3.8) is 0 Å². The van der Waals surface area contributed by atoms with Crippen LogP contribution in [0.4, 0.5) is 5.69 Å². The van der Waals surface area contributed by atoms with Gasteiger partial charge >= 0.3 is 0 Å². The lowest BCUT2D eigenvalue weighted by molar-refractivity contribution is 0.223. The zero-order chi connectivity index (χ0) is 28.5. The highest BCUT2D eigenvalue weighted by atomic mass is 16.5. The summed E-state index contributed by atoms with van der Waals surface area (Å²) < 4.78 is 17.4. The lowest BCUT2D eigenvalue weighted by Crippen LogP contribution is -2.40. The minimum Gasteiger partial charge on any atom is -0.497 e. The number of nitrogens with one attached hydrogen (secondary N) is 2. The van der Waals surface area contributed by atoms with Gasteiger partial charge in [-0.3, -0.25) is 4.90 Å². The van der Waals surface area contributed by atoms with Crippen molar-refractivity contribution in [3.05, 3.63) is 71.5 Å². The van der Waals surface area contributed by atoms with Crippen LogP contribution in [0.3, 0.4) is 0 Å². The fraction of sp³-hybridized carbons (Fsp3) is 0.529. The van der Waals surface area contributed by atoms with Crippen LogP contribution in [-0.4, -0.2) is 50.9 Å². The molecular formula is C34H49N3O3. The van der Waals surface area contributed by atoms with Crippen LogP contribution >= 0.6 is 0 Å².